The maximum atomic E-state index is 6.80. The summed E-state index contributed by atoms with van der Waals surface area (Å²) in [5.41, 5.74) is 7.30. The molecule has 1 atom stereocenters. The maximum Gasteiger partial charge on any atom is 0.200 e. The molecule has 3 aliphatic heterocycles. The third kappa shape index (κ3) is 3.63. The van der Waals surface area contributed by atoms with E-state index in [1.165, 1.54) is 33.5 Å². The molecule has 1 saturated heterocycles. The summed E-state index contributed by atoms with van der Waals surface area (Å²) in [6.07, 6.45) is 2.84. The lowest BCUT2D eigenvalue weighted by Crippen LogP contribution is -2.59. The summed E-state index contributed by atoms with van der Waals surface area (Å²) in [6, 6.07) is 26.3. The normalized spacial score (nSPS) is 21.3. The fraction of sp³-hybridized carbons (Fsp3) is 0.345. The largest absolute Gasteiger partial charge is 0.466 e. The highest BCUT2D eigenvalue weighted by Crippen LogP contribution is 2.50. The van der Waals surface area contributed by atoms with Gasteiger partial charge in [0.05, 0.1) is 11.8 Å². The van der Waals surface area contributed by atoms with Crippen LogP contribution in [0.25, 0.3) is 0 Å². The van der Waals surface area contributed by atoms with E-state index >= 15 is 0 Å². The Balaban J connectivity index is 1.32. The van der Waals surface area contributed by atoms with Gasteiger partial charge in [-0.25, -0.2) is 5.01 Å². The molecule has 0 N–H and O–H groups in total. The van der Waals surface area contributed by atoms with E-state index in [2.05, 4.69) is 96.6 Å². The van der Waals surface area contributed by atoms with Crippen molar-refractivity contribution in [2.24, 2.45) is 5.10 Å². The molecule has 4 nitrogen and oxygen atoms in total. The van der Waals surface area contributed by atoms with E-state index in [1.54, 1.807) is 0 Å². The minimum Gasteiger partial charge on any atom is -0.466 e. The average Bonchev–Trinajstić information content (AvgIpc) is 3.30. The number of aryl methyl sites for hydroxylation is 2. The van der Waals surface area contributed by atoms with Crippen molar-refractivity contribution in [1.82, 2.24) is 9.91 Å². The molecular weight excluding hydrogens is 406 g/mol. The van der Waals surface area contributed by atoms with Crippen molar-refractivity contribution >= 4 is 5.71 Å². The molecule has 0 saturated carbocycles. The van der Waals surface area contributed by atoms with Crippen LogP contribution in [0.15, 0.2) is 77.9 Å². The number of likely N-dealkylation sites (tertiary alicyclic amines) is 1. The molecule has 1 spiro atoms. The number of fused-ring (bicyclic) bond motifs is 4. The number of ether oxygens (including phenoxy) is 1. The van der Waals surface area contributed by atoms with Gasteiger partial charge in [-0.05, 0) is 37.1 Å². The molecule has 0 radical (unpaired) electrons. The van der Waals surface area contributed by atoms with Crippen molar-refractivity contribution in [3.8, 4) is 5.75 Å². The summed E-state index contributed by atoms with van der Waals surface area (Å²) < 4.78 is 6.80. The second-order valence-electron chi connectivity index (χ2n) is 9.78. The highest BCUT2D eigenvalue weighted by Gasteiger charge is 2.51. The number of hydrogen-bond donors (Lipinski definition) is 0. The van der Waals surface area contributed by atoms with Crippen molar-refractivity contribution < 1.29 is 4.74 Å². The van der Waals surface area contributed by atoms with Crippen LogP contribution in [0.4, 0.5) is 0 Å². The van der Waals surface area contributed by atoms with E-state index in [1.807, 2.05) is 0 Å². The van der Waals surface area contributed by atoms with Crippen LogP contribution >= 0.6 is 0 Å². The van der Waals surface area contributed by atoms with Crippen LogP contribution in [0.2, 0.25) is 0 Å². The molecule has 0 amide bonds. The molecule has 3 aromatic carbocycles. The Morgan fingerprint density at radius 1 is 0.939 bits per heavy atom. The number of nitrogens with zero attached hydrogens (tertiary/aromatic N) is 3. The van der Waals surface area contributed by atoms with E-state index in [9.17, 15) is 0 Å². The molecular formula is C29H31N3O. The smallest absolute Gasteiger partial charge is 0.200 e. The summed E-state index contributed by atoms with van der Waals surface area (Å²) >= 11 is 0. The Morgan fingerprint density at radius 3 is 2.52 bits per heavy atom. The Hall–Kier alpha value is -3.11. The third-order valence-corrected chi connectivity index (χ3v) is 7.50. The Bertz CT molecular complexity index is 1190. The van der Waals surface area contributed by atoms with Crippen LogP contribution in [0.5, 0.6) is 5.75 Å². The van der Waals surface area contributed by atoms with Crippen LogP contribution in [0.3, 0.4) is 0 Å². The fourth-order valence-electron chi connectivity index (χ4n) is 5.67. The van der Waals surface area contributed by atoms with Gasteiger partial charge in [0.25, 0.3) is 0 Å². The second kappa shape index (κ2) is 8.03. The number of piperidine rings is 1. The number of benzene rings is 3. The SMILES string of the molecule is Cc1ccc(C)c(C2=NN3[C@H](C2)c2ccccc2OC32CCN(Cc3ccccc3)CC2)c1. The van der Waals surface area contributed by atoms with Crippen molar-refractivity contribution in [3.63, 3.8) is 0 Å². The minimum atomic E-state index is -0.369. The van der Waals surface area contributed by atoms with E-state index in [0.717, 1.165) is 44.6 Å². The van der Waals surface area contributed by atoms with Gasteiger partial charge >= 0.3 is 0 Å². The van der Waals surface area contributed by atoms with Crippen LogP contribution in [-0.2, 0) is 6.54 Å². The van der Waals surface area contributed by atoms with Crippen molar-refractivity contribution in [2.45, 2.75) is 51.4 Å². The highest BCUT2D eigenvalue weighted by molar-refractivity contribution is 6.03. The molecule has 4 heteroatoms. The monoisotopic (exact) mass is 437 g/mol. The van der Waals surface area contributed by atoms with Gasteiger partial charge in [-0.3, -0.25) is 4.90 Å². The van der Waals surface area contributed by atoms with Crippen LogP contribution in [0.1, 0.15) is 53.1 Å². The summed E-state index contributed by atoms with van der Waals surface area (Å²) in [5, 5.41) is 7.60. The zero-order valence-electron chi connectivity index (χ0n) is 19.5. The molecule has 3 aliphatic rings. The van der Waals surface area contributed by atoms with E-state index in [-0.39, 0.29) is 11.8 Å². The van der Waals surface area contributed by atoms with Crippen molar-refractivity contribution in [1.29, 1.82) is 0 Å². The number of hydrazone groups is 1. The van der Waals surface area contributed by atoms with Crippen LogP contribution in [0, 0.1) is 13.8 Å². The predicted molar refractivity (Wildman–Crippen MR) is 132 cm³/mol. The molecule has 0 bridgehead atoms. The van der Waals surface area contributed by atoms with Crippen molar-refractivity contribution in [2.75, 3.05) is 13.1 Å². The Labute approximate surface area is 196 Å². The lowest BCUT2D eigenvalue weighted by Gasteiger charge is -2.51. The van der Waals surface area contributed by atoms with E-state index in [4.69, 9.17) is 9.84 Å². The minimum absolute atomic E-state index is 0.241. The summed E-state index contributed by atoms with van der Waals surface area (Å²) in [6.45, 7) is 7.36. The molecule has 0 aromatic heterocycles. The first-order valence-corrected chi connectivity index (χ1v) is 12.1. The third-order valence-electron chi connectivity index (χ3n) is 7.50. The fourth-order valence-corrected chi connectivity index (χ4v) is 5.67. The number of hydrogen-bond acceptors (Lipinski definition) is 4. The zero-order valence-corrected chi connectivity index (χ0v) is 19.5. The molecule has 6 rings (SSSR count). The Kier molecular flexibility index (Phi) is 4.99. The molecule has 3 heterocycles. The van der Waals surface area contributed by atoms with Gasteiger partial charge in [-0.15, -0.1) is 0 Å². The average molecular weight is 438 g/mol. The van der Waals surface area contributed by atoms with Crippen LogP contribution in [-0.4, -0.2) is 34.4 Å². The van der Waals surface area contributed by atoms with E-state index < -0.39 is 0 Å². The first kappa shape index (κ1) is 20.5. The van der Waals surface area contributed by atoms with Crippen molar-refractivity contribution in [3.05, 3.63) is 101 Å². The van der Waals surface area contributed by atoms with Gasteiger partial charge in [0.1, 0.15) is 5.75 Å². The highest BCUT2D eigenvalue weighted by atomic mass is 16.5. The number of para-hydroxylation sites is 1. The molecule has 1 fully saturated rings. The van der Waals surface area contributed by atoms with Gasteiger partial charge in [0, 0.05) is 50.0 Å². The maximum absolute atomic E-state index is 6.80. The van der Waals surface area contributed by atoms with Gasteiger partial charge in [0.15, 0.2) is 0 Å². The molecule has 3 aromatic rings. The lowest BCUT2D eigenvalue weighted by molar-refractivity contribution is -0.150. The Morgan fingerprint density at radius 2 is 1.70 bits per heavy atom. The van der Waals surface area contributed by atoms with E-state index in [0.29, 0.717) is 0 Å². The quantitative estimate of drug-likeness (QED) is 0.515. The molecule has 168 valence electrons. The van der Waals surface area contributed by atoms with Gasteiger partial charge in [-0.1, -0.05) is 66.2 Å². The van der Waals surface area contributed by atoms with Gasteiger partial charge in [0.2, 0.25) is 5.72 Å². The number of rotatable bonds is 3. The topological polar surface area (TPSA) is 28.1 Å². The standard InChI is InChI=1S/C29H31N3O/c1-21-12-13-22(2)25(18-21)26-19-27-24-10-6-7-11-28(24)33-29(32(27)30-26)14-16-31(17-15-29)20-23-8-4-3-5-9-23/h3-13,18,27H,14-17,19-20H2,1-2H3/t27-/m1/s1. The predicted octanol–water partition coefficient (Wildman–Crippen LogP) is 5.84. The first-order valence-electron chi connectivity index (χ1n) is 12.1. The lowest BCUT2D eigenvalue weighted by atomic mass is 9.90. The molecule has 33 heavy (non-hydrogen) atoms. The molecule has 0 aliphatic carbocycles. The summed E-state index contributed by atoms with van der Waals surface area (Å²) in [7, 11) is 0. The second-order valence-corrected chi connectivity index (χ2v) is 9.78. The molecule has 0 unspecified atom stereocenters. The van der Waals surface area contributed by atoms with Gasteiger partial charge in [-0.2, -0.15) is 5.10 Å². The van der Waals surface area contributed by atoms with Gasteiger partial charge < -0.3 is 4.74 Å². The summed E-state index contributed by atoms with van der Waals surface area (Å²) in [5.74, 6) is 1.03. The first-order chi connectivity index (χ1) is 16.1. The zero-order chi connectivity index (χ0) is 22.4. The van der Waals surface area contributed by atoms with Crippen LogP contribution < -0.4 is 4.74 Å². The summed E-state index contributed by atoms with van der Waals surface area (Å²) in [4.78, 5) is 2.55.